The molecule has 0 N–H and O–H groups in total. The smallest absolute Gasteiger partial charge is 0.223 e. The number of carbonyl (C=O) groups excluding carboxylic acids is 1. The lowest BCUT2D eigenvalue weighted by Gasteiger charge is -2.25. The number of hydrogen-bond acceptors (Lipinski definition) is 3. The highest BCUT2D eigenvalue weighted by atomic mass is 16.5. The summed E-state index contributed by atoms with van der Waals surface area (Å²) in [5, 5.41) is 0. The second-order valence-electron chi connectivity index (χ2n) is 5.72. The summed E-state index contributed by atoms with van der Waals surface area (Å²) in [5.41, 5.74) is 1.14. The van der Waals surface area contributed by atoms with Gasteiger partial charge >= 0.3 is 0 Å². The van der Waals surface area contributed by atoms with E-state index in [-0.39, 0.29) is 17.9 Å². The molecule has 2 rings (SSSR count). The molecule has 21 heavy (non-hydrogen) atoms. The first-order chi connectivity index (χ1) is 10.2. The zero-order valence-corrected chi connectivity index (χ0v) is 13.2. The molecule has 1 aromatic rings. The summed E-state index contributed by atoms with van der Waals surface area (Å²) in [6, 6.07) is 8.21. The van der Waals surface area contributed by atoms with Crippen LogP contribution in [0.5, 0.6) is 5.75 Å². The lowest BCUT2D eigenvalue weighted by atomic mass is 9.97. The summed E-state index contributed by atoms with van der Waals surface area (Å²) >= 11 is 0. The summed E-state index contributed by atoms with van der Waals surface area (Å²) in [6.45, 7) is 3.59. The van der Waals surface area contributed by atoms with Crippen molar-refractivity contribution in [2.45, 2.75) is 38.1 Å². The van der Waals surface area contributed by atoms with Crippen molar-refractivity contribution in [1.29, 1.82) is 0 Å². The van der Waals surface area contributed by atoms with Crippen LogP contribution in [0.2, 0.25) is 0 Å². The summed E-state index contributed by atoms with van der Waals surface area (Å²) in [4.78, 5) is 14.5. The Hall–Kier alpha value is -1.55. The Kier molecular flexibility index (Phi) is 5.62. The third kappa shape index (κ3) is 3.97. The van der Waals surface area contributed by atoms with Gasteiger partial charge in [0.25, 0.3) is 0 Å². The van der Waals surface area contributed by atoms with Crippen molar-refractivity contribution in [3.05, 3.63) is 29.8 Å². The van der Waals surface area contributed by atoms with Crippen molar-refractivity contribution in [2.24, 2.45) is 0 Å². The first-order valence-electron chi connectivity index (χ1n) is 7.58. The minimum absolute atomic E-state index is 0.191. The Balaban J connectivity index is 1.98. The molecule has 4 nitrogen and oxygen atoms in total. The Labute approximate surface area is 127 Å². The molecule has 0 unspecified atom stereocenters. The molecule has 0 aliphatic carbocycles. The van der Waals surface area contributed by atoms with Crippen molar-refractivity contribution in [1.82, 2.24) is 4.90 Å². The summed E-state index contributed by atoms with van der Waals surface area (Å²) in [7, 11) is 3.36. The summed E-state index contributed by atoms with van der Waals surface area (Å²) in [6.07, 6.45) is 2.66. The molecular formula is C17H25NO3. The van der Waals surface area contributed by atoms with E-state index in [2.05, 4.69) is 13.0 Å². The van der Waals surface area contributed by atoms with Crippen LogP contribution in [0.25, 0.3) is 0 Å². The lowest BCUT2D eigenvalue weighted by Crippen LogP contribution is -2.38. The van der Waals surface area contributed by atoms with Gasteiger partial charge < -0.3 is 14.4 Å². The van der Waals surface area contributed by atoms with Crippen molar-refractivity contribution in [2.75, 3.05) is 27.4 Å². The number of rotatable bonds is 6. The van der Waals surface area contributed by atoms with E-state index < -0.39 is 0 Å². The molecule has 1 heterocycles. The van der Waals surface area contributed by atoms with Crippen LogP contribution in [0.4, 0.5) is 0 Å². The quantitative estimate of drug-likeness (QED) is 0.809. The first kappa shape index (κ1) is 15.8. The van der Waals surface area contributed by atoms with Gasteiger partial charge in [-0.1, -0.05) is 19.1 Å². The Morgan fingerprint density at radius 2 is 2.24 bits per heavy atom. The molecule has 0 saturated carbocycles. The van der Waals surface area contributed by atoms with Gasteiger partial charge in [0.15, 0.2) is 0 Å². The van der Waals surface area contributed by atoms with E-state index in [0.29, 0.717) is 13.0 Å². The molecule has 1 saturated heterocycles. The number of methoxy groups -OCH3 is 2. The average Bonchev–Trinajstić information content (AvgIpc) is 2.96. The highest BCUT2D eigenvalue weighted by Crippen LogP contribution is 2.26. The van der Waals surface area contributed by atoms with E-state index >= 15 is 0 Å². The number of amides is 1. The fraction of sp³-hybridized carbons (Fsp3) is 0.588. The molecule has 1 aliphatic heterocycles. The monoisotopic (exact) mass is 291 g/mol. The Morgan fingerprint density at radius 1 is 1.43 bits per heavy atom. The third-order valence-corrected chi connectivity index (χ3v) is 4.20. The number of nitrogens with zero attached hydrogens (tertiary/aromatic N) is 1. The van der Waals surface area contributed by atoms with Crippen LogP contribution < -0.4 is 4.74 Å². The van der Waals surface area contributed by atoms with Gasteiger partial charge in [0.2, 0.25) is 5.91 Å². The number of likely N-dealkylation sites (tertiary alicyclic amines) is 1. The average molecular weight is 291 g/mol. The highest BCUT2D eigenvalue weighted by Gasteiger charge is 2.29. The number of hydrogen-bond donors (Lipinski definition) is 0. The van der Waals surface area contributed by atoms with E-state index in [1.165, 1.54) is 0 Å². The zero-order chi connectivity index (χ0) is 15.2. The largest absolute Gasteiger partial charge is 0.497 e. The SMILES string of the molecule is COC[C@@H]1CCCN1C(=O)C[C@@H](C)c1cccc(OC)c1. The molecule has 1 amide bonds. The van der Waals surface area contributed by atoms with Gasteiger partial charge in [0.05, 0.1) is 19.8 Å². The van der Waals surface area contributed by atoms with Crippen LogP contribution in [0.15, 0.2) is 24.3 Å². The van der Waals surface area contributed by atoms with Crippen molar-refractivity contribution >= 4 is 5.91 Å². The zero-order valence-electron chi connectivity index (χ0n) is 13.2. The standard InChI is InChI=1S/C17H25NO3/c1-13(14-6-4-8-16(11-14)21-3)10-17(19)18-9-5-7-15(18)12-20-2/h4,6,8,11,13,15H,5,7,9-10,12H2,1-3H3/t13-,15+/m1/s1. The van der Waals surface area contributed by atoms with Crippen LogP contribution in [-0.4, -0.2) is 44.2 Å². The molecule has 0 bridgehead atoms. The molecule has 1 fully saturated rings. The van der Waals surface area contributed by atoms with Gasteiger partial charge in [-0.25, -0.2) is 0 Å². The molecule has 1 aliphatic rings. The van der Waals surface area contributed by atoms with Gasteiger partial charge in [-0.05, 0) is 36.5 Å². The Morgan fingerprint density at radius 3 is 2.95 bits per heavy atom. The van der Waals surface area contributed by atoms with Gasteiger partial charge in [-0.2, -0.15) is 0 Å². The van der Waals surface area contributed by atoms with E-state index in [4.69, 9.17) is 9.47 Å². The third-order valence-electron chi connectivity index (χ3n) is 4.20. The van der Waals surface area contributed by atoms with E-state index in [1.807, 2.05) is 23.1 Å². The van der Waals surface area contributed by atoms with E-state index in [0.717, 1.165) is 30.7 Å². The predicted octanol–water partition coefficient (Wildman–Crippen LogP) is 2.83. The van der Waals surface area contributed by atoms with Crippen LogP contribution in [-0.2, 0) is 9.53 Å². The molecular weight excluding hydrogens is 266 g/mol. The van der Waals surface area contributed by atoms with Crippen LogP contribution >= 0.6 is 0 Å². The number of benzene rings is 1. The normalized spacial score (nSPS) is 19.6. The topological polar surface area (TPSA) is 38.8 Å². The molecule has 0 aromatic heterocycles. The van der Waals surface area contributed by atoms with Crippen molar-refractivity contribution in [3.8, 4) is 5.75 Å². The second-order valence-corrected chi connectivity index (χ2v) is 5.72. The maximum Gasteiger partial charge on any atom is 0.223 e. The molecule has 1 aromatic carbocycles. The first-order valence-corrected chi connectivity index (χ1v) is 7.58. The van der Waals surface area contributed by atoms with Crippen LogP contribution in [0.1, 0.15) is 37.7 Å². The number of ether oxygens (including phenoxy) is 2. The summed E-state index contributed by atoms with van der Waals surface area (Å²) < 4.78 is 10.5. The molecule has 116 valence electrons. The lowest BCUT2D eigenvalue weighted by molar-refractivity contribution is -0.133. The summed E-state index contributed by atoms with van der Waals surface area (Å²) in [5.74, 6) is 1.26. The minimum Gasteiger partial charge on any atom is -0.497 e. The van der Waals surface area contributed by atoms with Crippen molar-refractivity contribution in [3.63, 3.8) is 0 Å². The van der Waals surface area contributed by atoms with Crippen LogP contribution in [0, 0.1) is 0 Å². The maximum atomic E-state index is 12.5. The number of carbonyl (C=O) groups is 1. The molecule has 0 spiro atoms. The van der Waals surface area contributed by atoms with E-state index in [1.54, 1.807) is 14.2 Å². The molecule has 2 atom stereocenters. The highest BCUT2D eigenvalue weighted by molar-refractivity contribution is 5.77. The van der Waals surface area contributed by atoms with Crippen molar-refractivity contribution < 1.29 is 14.3 Å². The van der Waals surface area contributed by atoms with E-state index in [9.17, 15) is 4.79 Å². The predicted molar refractivity (Wildman–Crippen MR) is 82.6 cm³/mol. The van der Waals surface area contributed by atoms with Gasteiger partial charge in [-0.15, -0.1) is 0 Å². The maximum absolute atomic E-state index is 12.5. The second kappa shape index (κ2) is 7.46. The fourth-order valence-electron chi connectivity index (χ4n) is 2.97. The van der Waals surface area contributed by atoms with Crippen LogP contribution in [0.3, 0.4) is 0 Å². The molecule has 0 radical (unpaired) electrons. The van der Waals surface area contributed by atoms with Gasteiger partial charge in [-0.3, -0.25) is 4.79 Å². The molecule has 4 heteroatoms. The Bertz CT molecular complexity index is 475. The minimum atomic E-state index is 0.191. The van der Waals surface area contributed by atoms with Gasteiger partial charge in [0, 0.05) is 20.1 Å². The fourth-order valence-corrected chi connectivity index (χ4v) is 2.97. The van der Waals surface area contributed by atoms with Gasteiger partial charge in [0.1, 0.15) is 5.75 Å².